The number of hydrogen-bond acceptors (Lipinski definition) is 2. The molecule has 1 fully saturated rings. The molecule has 1 heterocycles. The molecule has 3 rings (SSSR count). The van der Waals surface area contributed by atoms with E-state index in [1.807, 2.05) is 29.5 Å². The molecule has 0 radical (unpaired) electrons. The second-order valence-electron chi connectivity index (χ2n) is 5.65. The number of thiophene rings is 1. The zero-order valence-corrected chi connectivity index (χ0v) is 15.0. The molecule has 0 spiro atoms. The Morgan fingerprint density at radius 1 is 1.29 bits per heavy atom. The van der Waals surface area contributed by atoms with E-state index in [2.05, 4.69) is 38.8 Å². The van der Waals surface area contributed by atoms with Gasteiger partial charge in [-0.15, -0.1) is 11.3 Å². The SMILES string of the molecule is Clc1ccc(Br)c(CNC(c2cccs2)C2CCCC2)c1. The lowest BCUT2D eigenvalue weighted by molar-refractivity contribution is 0.370. The Morgan fingerprint density at radius 2 is 2.10 bits per heavy atom. The van der Waals surface area contributed by atoms with Crippen molar-refractivity contribution in [2.45, 2.75) is 38.3 Å². The van der Waals surface area contributed by atoms with E-state index in [-0.39, 0.29) is 0 Å². The van der Waals surface area contributed by atoms with Crippen LogP contribution in [0.25, 0.3) is 0 Å². The zero-order chi connectivity index (χ0) is 14.7. The standard InChI is InChI=1S/C17H19BrClNS/c18-15-8-7-14(19)10-13(15)11-20-17(12-4-1-2-5-12)16-6-3-9-21-16/h3,6-10,12,17,20H,1-2,4-5,11H2. The zero-order valence-electron chi connectivity index (χ0n) is 11.8. The Hall–Kier alpha value is -0.350. The summed E-state index contributed by atoms with van der Waals surface area (Å²) in [6.45, 7) is 0.847. The van der Waals surface area contributed by atoms with Crippen molar-refractivity contribution >= 4 is 38.9 Å². The van der Waals surface area contributed by atoms with Crippen molar-refractivity contribution in [1.82, 2.24) is 5.32 Å². The van der Waals surface area contributed by atoms with E-state index in [0.29, 0.717) is 6.04 Å². The largest absolute Gasteiger partial charge is 0.305 e. The highest BCUT2D eigenvalue weighted by Crippen LogP contribution is 2.37. The number of hydrogen-bond donors (Lipinski definition) is 1. The van der Waals surface area contributed by atoms with Crippen LogP contribution in [-0.4, -0.2) is 0 Å². The molecule has 1 aromatic heterocycles. The monoisotopic (exact) mass is 383 g/mol. The molecule has 0 saturated heterocycles. The van der Waals surface area contributed by atoms with Crippen LogP contribution in [0, 0.1) is 5.92 Å². The van der Waals surface area contributed by atoms with Gasteiger partial charge in [0.05, 0.1) is 0 Å². The van der Waals surface area contributed by atoms with Gasteiger partial charge in [0.15, 0.2) is 0 Å². The summed E-state index contributed by atoms with van der Waals surface area (Å²) >= 11 is 11.6. The number of halogens is 2. The van der Waals surface area contributed by atoms with Crippen molar-refractivity contribution in [2.24, 2.45) is 5.92 Å². The first kappa shape index (κ1) is 15.5. The lowest BCUT2D eigenvalue weighted by Gasteiger charge is -2.24. The number of benzene rings is 1. The van der Waals surface area contributed by atoms with Crippen molar-refractivity contribution in [1.29, 1.82) is 0 Å². The Kier molecular flexibility index (Phi) is 5.38. The van der Waals surface area contributed by atoms with Crippen LogP contribution in [0.4, 0.5) is 0 Å². The van der Waals surface area contributed by atoms with E-state index in [1.54, 1.807) is 0 Å². The lowest BCUT2D eigenvalue weighted by atomic mass is 9.96. The molecule has 2 aromatic rings. The van der Waals surface area contributed by atoms with Crippen LogP contribution in [0.1, 0.15) is 42.2 Å². The third kappa shape index (κ3) is 3.89. The fourth-order valence-electron chi connectivity index (χ4n) is 3.16. The third-order valence-corrected chi connectivity index (χ3v) is 6.21. The van der Waals surface area contributed by atoms with Crippen LogP contribution in [0.3, 0.4) is 0 Å². The van der Waals surface area contributed by atoms with Gasteiger partial charge in [-0.2, -0.15) is 0 Å². The van der Waals surface area contributed by atoms with Crippen LogP contribution in [0.15, 0.2) is 40.2 Å². The summed E-state index contributed by atoms with van der Waals surface area (Å²) < 4.78 is 1.12. The van der Waals surface area contributed by atoms with E-state index in [1.165, 1.54) is 36.1 Å². The Morgan fingerprint density at radius 3 is 2.81 bits per heavy atom. The molecule has 1 aromatic carbocycles. The molecule has 1 aliphatic carbocycles. The highest BCUT2D eigenvalue weighted by Gasteiger charge is 2.26. The summed E-state index contributed by atoms with van der Waals surface area (Å²) in [5, 5.41) is 6.74. The van der Waals surface area contributed by atoms with Crippen molar-refractivity contribution < 1.29 is 0 Å². The highest BCUT2D eigenvalue weighted by molar-refractivity contribution is 9.10. The van der Waals surface area contributed by atoms with Gasteiger partial charge in [0, 0.05) is 27.0 Å². The van der Waals surface area contributed by atoms with Crippen molar-refractivity contribution in [3.63, 3.8) is 0 Å². The van der Waals surface area contributed by atoms with Gasteiger partial charge in [-0.1, -0.05) is 46.4 Å². The smallest absolute Gasteiger partial charge is 0.0446 e. The Balaban J connectivity index is 1.74. The summed E-state index contributed by atoms with van der Waals surface area (Å²) in [4.78, 5) is 1.46. The molecule has 1 N–H and O–H groups in total. The molecular formula is C17H19BrClNS. The number of nitrogens with one attached hydrogen (secondary N) is 1. The maximum Gasteiger partial charge on any atom is 0.0446 e. The van der Waals surface area contributed by atoms with Crippen LogP contribution in [0.2, 0.25) is 5.02 Å². The number of rotatable bonds is 5. The minimum atomic E-state index is 0.471. The van der Waals surface area contributed by atoms with E-state index in [0.717, 1.165) is 22.0 Å². The molecule has 112 valence electrons. The topological polar surface area (TPSA) is 12.0 Å². The van der Waals surface area contributed by atoms with Crippen molar-refractivity contribution in [3.8, 4) is 0 Å². The van der Waals surface area contributed by atoms with Crippen molar-refractivity contribution in [2.75, 3.05) is 0 Å². The quantitative estimate of drug-likeness (QED) is 0.648. The molecule has 0 aliphatic heterocycles. The molecular weight excluding hydrogens is 366 g/mol. The van der Waals surface area contributed by atoms with E-state index in [4.69, 9.17) is 11.6 Å². The molecule has 0 bridgehead atoms. The molecule has 1 unspecified atom stereocenters. The lowest BCUT2D eigenvalue weighted by Crippen LogP contribution is -2.26. The molecule has 1 atom stereocenters. The average molecular weight is 385 g/mol. The van der Waals surface area contributed by atoms with Crippen molar-refractivity contribution in [3.05, 3.63) is 55.6 Å². The maximum absolute atomic E-state index is 6.11. The van der Waals surface area contributed by atoms with Gasteiger partial charge in [-0.05, 0) is 54.0 Å². The predicted molar refractivity (Wildman–Crippen MR) is 95.0 cm³/mol. The third-order valence-electron chi connectivity index (χ3n) is 4.24. The first-order chi connectivity index (χ1) is 10.2. The molecule has 1 saturated carbocycles. The van der Waals surface area contributed by atoms with Gasteiger partial charge >= 0.3 is 0 Å². The van der Waals surface area contributed by atoms with E-state index >= 15 is 0 Å². The fourth-order valence-corrected chi connectivity index (χ4v) is 4.63. The average Bonchev–Trinajstić information content (AvgIpc) is 3.16. The normalized spacial score (nSPS) is 17.2. The van der Waals surface area contributed by atoms with Crippen LogP contribution >= 0.6 is 38.9 Å². The molecule has 1 aliphatic rings. The minimum Gasteiger partial charge on any atom is -0.305 e. The van der Waals surface area contributed by atoms with E-state index < -0.39 is 0 Å². The molecule has 21 heavy (non-hydrogen) atoms. The van der Waals surface area contributed by atoms with Gasteiger partial charge in [0.1, 0.15) is 0 Å². The van der Waals surface area contributed by atoms with Gasteiger partial charge in [0.2, 0.25) is 0 Å². The van der Waals surface area contributed by atoms with E-state index in [9.17, 15) is 0 Å². The van der Waals surface area contributed by atoms with Crippen LogP contribution in [-0.2, 0) is 6.54 Å². The maximum atomic E-state index is 6.11. The van der Waals surface area contributed by atoms with Gasteiger partial charge in [-0.3, -0.25) is 0 Å². The Labute approximate surface area is 143 Å². The molecule has 0 amide bonds. The van der Waals surface area contributed by atoms with Gasteiger partial charge < -0.3 is 5.32 Å². The molecule has 1 nitrogen and oxygen atoms in total. The molecule has 4 heteroatoms. The highest BCUT2D eigenvalue weighted by atomic mass is 79.9. The van der Waals surface area contributed by atoms with Gasteiger partial charge in [-0.25, -0.2) is 0 Å². The summed E-state index contributed by atoms with van der Waals surface area (Å²) in [5.74, 6) is 0.765. The fraction of sp³-hybridized carbons (Fsp3) is 0.412. The van der Waals surface area contributed by atoms with Gasteiger partial charge in [0.25, 0.3) is 0 Å². The summed E-state index contributed by atoms with van der Waals surface area (Å²) in [7, 11) is 0. The predicted octanol–water partition coefficient (Wildman–Crippen LogP) is 6.19. The summed E-state index contributed by atoms with van der Waals surface area (Å²) in [6, 6.07) is 10.9. The van der Waals surface area contributed by atoms with Crippen LogP contribution in [0.5, 0.6) is 0 Å². The minimum absolute atomic E-state index is 0.471. The summed E-state index contributed by atoms with van der Waals surface area (Å²) in [6.07, 6.45) is 5.42. The second-order valence-corrected chi connectivity index (χ2v) is 7.92. The second kappa shape index (κ2) is 7.28. The Bertz CT molecular complexity index is 578. The first-order valence-electron chi connectivity index (χ1n) is 7.45. The summed E-state index contributed by atoms with van der Waals surface area (Å²) in [5.41, 5.74) is 1.22. The first-order valence-corrected chi connectivity index (χ1v) is 9.50. The van der Waals surface area contributed by atoms with Crippen LogP contribution < -0.4 is 5.32 Å².